The van der Waals surface area contributed by atoms with Gasteiger partial charge in [0.15, 0.2) is 0 Å². The molecule has 2 heterocycles. The van der Waals surface area contributed by atoms with E-state index in [0.29, 0.717) is 13.0 Å². The number of hydrogen-bond donors (Lipinski definition) is 1. The molecule has 1 aromatic heterocycles. The molecule has 4 nitrogen and oxygen atoms in total. The van der Waals surface area contributed by atoms with E-state index in [2.05, 4.69) is 10.3 Å². The largest absolute Gasteiger partial charge is 0.393 e. The summed E-state index contributed by atoms with van der Waals surface area (Å²) in [4.78, 5) is 17.3. The minimum absolute atomic E-state index is 0.0358. The molecule has 0 saturated carbocycles. The maximum absolute atomic E-state index is 12.8. The maximum Gasteiger partial charge on any atom is 0.393 e. The lowest BCUT2D eigenvalue weighted by Gasteiger charge is -2.34. The first kappa shape index (κ1) is 16.7. The molecule has 2 rings (SSSR count). The number of piperidine rings is 1. The minimum atomic E-state index is -4.23. The van der Waals surface area contributed by atoms with Crippen molar-refractivity contribution in [3.8, 4) is 0 Å². The lowest BCUT2D eigenvalue weighted by molar-refractivity contribution is -0.187. The van der Waals surface area contributed by atoms with Crippen LogP contribution in [0.5, 0.6) is 0 Å². The smallest absolute Gasteiger partial charge is 0.341 e. The van der Waals surface area contributed by atoms with Crippen LogP contribution in [-0.2, 0) is 4.79 Å². The van der Waals surface area contributed by atoms with Gasteiger partial charge in [-0.2, -0.15) is 13.2 Å². The molecule has 1 aliphatic heterocycles. The third-order valence-electron chi connectivity index (χ3n) is 4.00. The summed E-state index contributed by atoms with van der Waals surface area (Å²) in [6, 6.07) is 3.61. The van der Waals surface area contributed by atoms with Gasteiger partial charge in [0.05, 0.1) is 12.5 Å². The van der Waals surface area contributed by atoms with E-state index in [1.165, 1.54) is 4.90 Å². The molecule has 1 fully saturated rings. The second-order valence-corrected chi connectivity index (χ2v) is 5.60. The highest BCUT2D eigenvalue weighted by molar-refractivity contribution is 5.78. The van der Waals surface area contributed by atoms with E-state index in [1.807, 2.05) is 19.1 Å². The van der Waals surface area contributed by atoms with Gasteiger partial charge in [0.2, 0.25) is 5.91 Å². The van der Waals surface area contributed by atoms with Crippen molar-refractivity contribution in [3.63, 3.8) is 0 Å². The molecule has 22 heavy (non-hydrogen) atoms. The van der Waals surface area contributed by atoms with E-state index in [-0.39, 0.29) is 31.5 Å². The van der Waals surface area contributed by atoms with Crippen molar-refractivity contribution < 1.29 is 18.0 Å². The number of carbonyl (C=O) groups excluding carboxylic acids is 1. The number of carbonyl (C=O) groups is 1. The Kier molecular flexibility index (Phi) is 5.39. The minimum Gasteiger partial charge on any atom is -0.341 e. The maximum atomic E-state index is 12.8. The summed E-state index contributed by atoms with van der Waals surface area (Å²) in [6.07, 6.45) is -0.400. The first-order chi connectivity index (χ1) is 10.4. The number of rotatable bonds is 4. The Bertz CT molecular complexity index is 493. The normalized spacial score (nSPS) is 20.7. The number of amides is 1. The number of alkyl halides is 3. The van der Waals surface area contributed by atoms with Crippen molar-refractivity contribution in [2.45, 2.75) is 32.0 Å². The van der Waals surface area contributed by atoms with Gasteiger partial charge in [-0.05, 0) is 37.5 Å². The quantitative estimate of drug-likeness (QED) is 0.929. The zero-order valence-electron chi connectivity index (χ0n) is 12.4. The molecule has 2 atom stereocenters. The van der Waals surface area contributed by atoms with Crippen molar-refractivity contribution in [2.24, 2.45) is 5.92 Å². The third kappa shape index (κ3) is 4.43. The highest BCUT2D eigenvalue weighted by atomic mass is 19.4. The second kappa shape index (κ2) is 7.09. The monoisotopic (exact) mass is 315 g/mol. The van der Waals surface area contributed by atoms with Crippen LogP contribution in [0.1, 0.15) is 31.4 Å². The Hall–Kier alpha value is -1.63. The molecule has 7 heteroatoms. The highest BCUT2D eigenvalue weighted by Gasteiger charge is 2.42. The van der Waals surface area contributed by atoms with E-state index < -0.39 is 12.1 Å². The van der Waals surface area contributed by atoms with E-state index in [4.69, 9.17) is 0 Å². The van der Waals surface area contributed by atoms with Crippen LogP contribution in [0.15, 0.2) is 24.5 Å². The van der Waals surface area contributed by atoms with Gasteiger partial charge in [-0.3, -0.25) is 9.78 Å². The molecule has 0 radical (unpaired) electrons. The number of aromatic nitrogens is 1. The second-order valence-electron chi connectivity index (χ2n) is 5.60. The molecule has 0 spiro atoms. The standard InChI is InChI=1S/C15H20F3N3O/c1-11(12-4-6-19-7-5-12)20-9-14(22)21-8-2-3-13(10-21)15(16,17)18/h4-7,11,13,20H,2-3,8-10H2,1H3/t11-,13-/m0/s1. The zero-order valence-corrected chi connectivity index (χ0v) is 12.4. The van der Waals surface area contributed by atoms with Gasteiger partial charge in [0.25, 0.3) is 0 Å². The highest BCUT2D eigenvalue weighted by Crippen LogP contribution is 2.33. The van der Waals surface area contributed by atoms with Gasteiger partial charge in [-0.25, -0.2) is 0 Å². The molecule has 0 aliphatic carbocycles. The summed E-state index contributed by atoms with van der Waals surface area (Å²) < 4.78 is 38.3. The van der Waals surface area contributed by atoms with Gasteiger partial charge < -0.3 is 10.2 Å². The first-order valence-corrected chi connectivity index (χ1v) is 7.35. The Morgan fingerprint density at radius 1 is 1.45 bits per heavy atom. The number of nitrogens with one attached hydrogen (secondary N) is 1. The van der Waals surface area contributed by atoms with Crippen LogP contribution in [0.2, 0.25) is 0 Å². The number of nitrogens with zero attached hydrogens (tertiary/aromatic N) is 2. The summed E-state index contributed by atoms with van der Waals surface area (Å²) in [6.45, 7) is 2.11. The van der Waals surface area contributed by atoms with Gasteiger partial charge >= 0.3 is 6.18 Å². The van der Waals surface area contributed by atoms with Crippen LogP contribution in [0, 0.1) is 5.92 Å². The molecular formula is C15H20F3N3O. The molecule has 1 aliphatic rings. The molecule has 122 valence electrons. The predicted molar refractivity (Wildman–Crippen MR) is 76.0 cm³/mol. The fourth-order valence-corrected chi connectivity index (χ4v) is 2.59. The Morgan fingerprint density at radius 3 is 2.77 bits per heavy atom. The number of halogens is 3. The first-order valence-electron chi connectivity index (χ1n) is 7.35. The van der Waals surface area contributed by atoms with Gasteiger partial charge in [-0.1, -0.05) is 0 Å². The summed E-state index contributed by atoms with van der Waals surface area (Å²) in [7, 11) is 0. The summed E-state index contributed by atoms with van der Waals surface area (Å²) in [5.41, 5.74) is 0.981. The average molecular weight is 315 g/mol. The van der Waals surface area contributed by atoms with Crippen molar-refractivity contribution in [1.82, 2.24) is 15.2 Å². The van der Waals surface area contributed by atoms with Crippen LogP contribution in [0.3, 0.4) is 0 Å². The zero-order chi connectivity index (χ0) is 16.2. The number of pyridine rings is 1. The fraction of sp³-hybridized carbons (Fsp3) is 0.600. The lowest BCUT2D eigenvalue weighted by Crippen LogP contribution is -2.47. The molecule has 1 aromatic rings. The molecule has 0 bridgehead atoms. The van der Waals surface area contributed by atoms with E-state index in [9.17, 15) is 18.0 Å². The molecule has 1 saturated heterocycles. The Labute approximate surface area is 127 Å². The molecule has 1 amide bonds. The van der Waals surface area contributed by atoms with Crippen molar-refractivity contribution in [3.05, 3.63) is 30.1 Å². The summed E-state index contributed by atoms with van der Waals surface area (Å²) >= 11 is 0. The summed E-state index contributed by atoms with van der Waals surface area (Å²) in [5, 5.41) is 3.05. The van der Waals surface area contributed by atoms with Crippen LogP contribution in [0.25, 0.3) is 0 Å². The Morgan fingerprint density at radius 2 is 2.14 bits per heavy atom. The van der Waals surface area contributed by atoms with Gasteiger partial charge in [-0.15, -0.1) is 0 Å². The fourth-order valence-electron chi connectivity index (χ4n) is 2.59. The number of likely N-dealkylation sites (tertiary alicyclic amines) is 1. The average Bonchev–Trinajstić information content (AvgIpc) is 2.52. The molecule has 1 N–H and O–H groups in total. The van der Waals surface area contributed by atoms with E-state index >= 15 is 0 Å². The van der Waals surface area contributed by atoms with E-state index in [1.54, 1.807) is 12.4 Å². The predicted octanol–water partition coefficient (Wildman–Crippen LogP) is 2.53. The van der Waals surface area contributed by atoms with Crippen LogP contribution in [0.4, 0.5) is 13.2 Å². The van der Waals surface area contributed by atoms with Crippen LogP contribution in [-0.4, -0.2) is 41.6 Å². The third-order valence-corrected chi connectivity index (χ3v) is 4.00. The Balaban J connectivity index is 1.84. The topological polar surface area (TPSA) is 45.2 Å². The van der Waals surface area contributed by atoms with Crippen molar-refractivity contribution >= 4 is 5.91 Å². The molecule has 0 aromatic carbocycles. The van der Waals surface area contributed by atoms with Gasteiger partial charge in [0.1, 0.15) is 0 Å². The molecular weight excluding hydrogens is 295 g/mol. The SMILES string of the molecule is C[C@H](NCC(=O)N1CCC[C@H](C(F)(F)F)C1)c1ccncc1. The van der Waals surface area contributed by atoms with Crippen LogP contribution >= 0.6 is 0 Å². The number of hydrogen-bond acceptors (Lipinski definition) is 3. The van der Waals surface area contributed by atoms with Crippen LogP contribution < -0.4 is 5.32 Å². The summed E-state index contributed by atoms with van der Waals surface area (Å²) in [5.74, 6) is -1.68. The van der Waals surface area contributed by atoms with Crippen molar-refractivity contribution in [1.29, 1.82) is 0 Å². The van der Waals surface area contributed by atoms with E-state index in [0.717, 1.165) is 5.56 Å². The lowest BCUT2D eigenvalue weighted by atomic mass is 9.97. The molecule has 0 unspecified atom stereocenters. The van der Waals surface area contributed by atoms with Gasteiger partial charge in [0, 0.05) is 31.5 Å². The van der Waals surface area contributed by atoms with Crippen molar-refractivity contribution in [2.75, 3.05) is 19.6 Å².